The van der Waals surface area contributed by atoms with Crippen molar-refractivity contribution in [3.05, 3.63) is 65.7 Å². The van der Waals surface area contributed by atoms with Gasteiger partial charge in [-0.05, 0) is 30.2 Å². The molecule has 0 saturated heterocycles. The number of anilines is 2. The molecule has 0 aliphatic heterocycles. The van der Waals surface area contributed by atoms with Gasteiger partial charge in [-0.3, -0.25) is 4.79 Å². The lowest BCUT2D eigenvalue weighted by atomic mass is 10.1. The van der Waals surface area contributed by atoms with Crippen molar-refractivity contribution in [1.29, 1.82) is 0 Å². The number of hydrogen-bond donors (Lipinski definition) is 1. The Balaban J connectivity index is 1.76. The van der Waals surface area contributed by atoms with Crippen LogP contribution in [0.25, 0.3) is 0 Å². The Labute approximate surface area is 161 Å². The molecule has 26 heavy (non-hydrogen) atoms. The maximum absolute atomic E-state index is 13.0. The number of hydrogen-bond acceptors (Lipinski definition) is 6. The molecule has 1 aromatic heterocycles. The Bertz CT molecular complexity index is 867. The number of thioether (sulfide) groups is 1. The average Bonchev–Trinajstić information content (AvgIpc) is 3.13. The molecule has 5 nitrogen and oxygen atoms in total. The second-order valence-corrected chi connectivity index (χ2v) is 7.92. The molecule has 0 saturated carbocycles. The summed E-state index contributed by atoms with van der Waals surface area (Å²) in [7, 11) is 1.81. The standard InChI is InChI=1S/C19H20N4OS2/c1-14-7-6-10-16(11-14)23(12-15-8-4-3-5-9-15)17(24)13-25-19-22-21-18(20-2)26-19/h3-11H,12-13H2,1-2H3,(H,20,21). The minimum Gasteiger partial charge on any atom is -0.363 e. The van der Waals surface area contributed by atoms with E-state index in [0.717, 1.165) is 26.3 Å². The number of rotatable bonds is 7. The molecule has 1 amide bonds. The first-order chi connectivity index (χ1) is 12.7. The second-order valence-electron chi connectivity index (χ2n) is 5.72. The maximum Gasteiger partial charge on any atom is 0.237 e. The fraction of sp³-hybridized carbons (Fsp3) is 0.211. The van der Waals surface area contributed by atoms with Crippen molar-refractivity contribution >= 4 is 39.8 Å². The first kappa shape index (κ1) is 18.4. The van der Waals surface area contributed by atoms with Crippen LogP contribution >= 0.6 is 23.1 Å². The van der Waals surface area contributed by atoms with Gasteiger partial charge in [-0.25, -0.2) is 0 Å². The molecule has 3 rings (SSSR count). The Kier molecular flexibility index (Phi) is 6.25. The van der Waals surface area contributed by atoms with E-state index in [0.29, 0.717) is 12.3 Å². The average molecular weight is 385 g/mol. The van der Waals surface area contributed by atoms with Crippen LogP contribution < -0.4 is 10.2 Å². The van der Waals surface area contributed by atoms with E-state index in [1.165, 1.54) is 23.1 Å². The van der Waals surface area contributed by atoms with Crippen molar-refractivity contribution in [2.75, 3.05) is 23.0 Å². The topological polar surface area (TPSA) is 58.1 Å². The normalized spacial score (nSPS) is 10.5. The van der Waals surface area contributed by atoms with Crippen LogP contribution in [-0.4, -0.2) is 28.9 Å². The van der Waals surface area contributed by atoms with Crippen LogP contribution in [0.3, 0.4) is 0 Å². The molecule has 2 aromatic carbocycles. The highest BCUT2D eigenvalue weighted by Crippen LogP contribution is 2.27. The quantitative estimate of drug-likeness (QED) is 0.618. The summed E-state index contributed by atoms with van der Waals surface area (Å²) in [6.07, 6.45) is 0. The molecule has 0 aliphatic rings. The Hall–Kier alpha value is -2.38. The van der Waals surface area contributed by atoms with Gasteiger partial charge in [0.1, 0.15) is 0 Å². The number of aromatic nitrogens is 2. The van der Waals surface area contributed by atoms with Gasteiger partial charge in [0, 0.05) is 12.7 Å². The van der Waals surface area contributed by atoms with Crippen LogP contribution in [0.4, 0.5) is 10.8 Å². The van der Waals surface area contributed by atoms with E-state index < -0.39 is 0 Å². The predicted molar refractivity (Wildman–Crippen MR) is 109 cm³/mol. The lowest BCUT2D eigenvalue weighted by Gasteiger charge is -2.23. The van der Waals surface area contributed by atoms with E-state index in [1.54, 1.807) is 7.05 Å². The summed E-state index contributed by atoms with van der Waals surface area (Å²) in [6.45, 7) is 2.57. The van der Waals surface area contributed by atoms with Gasteiger partial charge in [-0.15, -0.1) is 10.2 Å². The van der Waals surface area contributed by atoms with Gasteiger partial charge < -0.3 is 10.2 Å². The largest absolute Gasteiger partial charge is 0.363 e. The number of benzene rings is 2. The summed E-state index contributed by atoms with van der Waals surface area (Å²) >= 11 is 2.86. The number of aryl methyl sites for hydroxylation is 1. The Morgan fingerprint density at radius 1 is 1.15 bits per heavy atom. The first-order valence-corrected chi connectivity index (χ1v) is 10.0. The van der Waals surface area contributed by atoms with Crippen molar-refractivity contribution < 1.29 is 4.79 Å². The van der Waals surface area contributed by atoms with Crippen LogP contribution in [0.15, 0.2) is 58.9 Å². The highest BCUT2D eigenvalue weighted by atomic mass is 32.2. The van der Waals surface area contributed by atoms with Gasteiger partial charge in [0.2, 0.25) is 11.0 Å². The fourth-order valence-corrected chi connectivity index (χ4v) is 4.04. The molecule has 3 aromatic rings. The van der Waals surface area contributed by atoms with Crippen molar-refractivity contribution in [3.8, 4) is 0 Å². The molecule has 0 spiro atoms. The minimum atomic E-state index is 0.0469. The number of carbonyl (C=O) groups is 1. The summed E-state index contributed by atoms with van der Waals surface area (Å²) in [5.41, 5.74) is 3.14. The summed E-state index contributed by atoms with van der Waals surface area (Å²) in [6, 6.07) is 18.1. The van der Waals surface area contributed by atoms with E-state index in [2.05, 4.69) is 15.5 Å². The fourth-order valence-electron chi connectivity index (χ4n) is 2.46. The first-order valence-electron chi connectivity index (χ1n) is 8.20. The van der Waals surface area contributed by atoms with Crippen molar-refractivity contribution in [3.63, 3.8) is 0 Å². The van der Waals surface area contributed by atoms with E-state index in [1.807, 2.05) is 66.4 Å². The molecule has 0 fully saturated rings. The second kappa shape index (κ2) is 8.82. The molecule has 7 heteroatoms. The number of nitrogens with one attached hydrogen (secondary N) is 1. The number of nitrogens with zero attached hydrogens (tertiary/aromatic N) is 3. The van der Waals surface area contributed by atoms with Crippen LogP contribution in [0.1, 0.15) is 11.1 Å². The molecular formula is C19H20N4OS2. The number of carbonyl (C=O) groups excluding carboxylic acids is 1. The summed E-state index contributed by atoms with van der Waals surface area (Å²) < 4.78 is 0.784. The van der Waals surface area contributed by atoms with E-state index >= 15 is 0 Å². The minimum absolute atomic E-state index is 0.0469. The third kappa shape index (κ3) is 4.83. The highest BCUT2D eigenvalue weighted by molar-refractivity contribution is 8.01. The molecule has 1 N–H and O–H groups in total. The third-order valence-corrected chi connectivity index (χ3v) is 5.80. The SMILES string of the molecule is CNc1nnc(SCC(=O)N(Cc2ccccc2)c2cccc(C)c2)s1. The highest BCUT2D eigenvalue weighted by Gasteiger charge is 2.18. The van der Waals surface area contributed by atoms with Crippen molar-refractivity contribution in [1.82, 2.24) is 10.2 Å². The summed E-state index contributed by atoms with van der Waals surface area (Å²) in [4.78, 5) is 14.8. The zero-order valence-electron chi connectivity index (χ0n) is 14.7. The van der Waals surface area contributed by atoms with E-state index in [-0.39, 0.29) is 5.91 Å². The molecule has 1 heterocycles. The molecule has 134 valence electrons. The summed E-state index contributed by atoms with van der Waals surface area (Å²) in [5.74, 6) is 0.365. The predicted octanol–water partition coefficient (Wildman–Crippen LogP) is 4.21. The molecule has 0 unspecified atom stereocenters. The maximum atomic E-state index is 13.0. The van der Waals surface area contributed by atoms with E-state index in [4.69, 9.17) is 0 Å². The monoisotopic (exact) mass is 384 g/mol. The van der Waals surface area contributed by atoms with Crippen LogP contribution in [-0.2, 0) is 11.3 Å². The Morgan fingerprint density at radius 3 is 2.65 bits per heavy atom. The van der Waals surface area contributed by atoms with Gasteiger partial charge in [0.05, 0.1) is 12.3 Å². The van der Waals surface area contributed by atoms with Gasteiger partial charge in [0.15, 0.2) is 4.34 Å². The Morgan fingerprint density at radius 2 is 1.96 bits per heavy atom. The summed E-state index contributed by atoms with van der Waals surface area (Å²) in [5, 5.41) is 11.8. The van der Waals surface area contributed by atoms with Gasteiger partial charge in [-0.2, -0.15) is 0 Å². The van der Waals surface area contributed by atoms with Crippen molar-refractivity contribution in [2.45, 2.75) is 17.8 Å². The number of amides is 1. The van der Waals surface area contributed by atoms with Crippen LogP contribution in [0.5, 0.6) is 0 Å². The third-order valence-electron chi connectivity index (χ3n) is 3.74. The lowest BCUT2D eigenvalue weighted by molar-refractivity contribution is -0.116. The van der Waals surface area contributed by atoms with Gasteiger partial charge in [0.25, 0.3) is 0 Å². The smallest absolute Gasteiger partial charge is 0.237 e. The molecular weight excluding hydrogens is 364 g/mol. The lowest BCUT2D eigenvalue weighted by Crippen LogP contribution is -2.32. The van der Waals surface area contributed by atoms with Gasteiger partial charge >= 0.3 is 0 Å². The molecule has 0 aliphatic carbocycles. The zero-order chi connectivity index (χ0) is 18.4. The molecule has 0 radical (unpaired) electrons. The van der Waals surface area contributed by atoms with Crippen LogP contribution in [0.2, 0.25) is 0 Å². The zero-order valence-corrected chi connectivity index (χ0v) is 16.3. The van der Waals surface area contributed by atoms with Crippen LogP contribution in [0, 0.1) is 6.92 Å². The molecule has 0 atom stereocenters. The molecule has 0 bridgehead atoms. The van der Waals surface area contributed by atoms with Gasteiger partial charge in [-0.1, -0.05) is 65.6 Å². The van der Waals surface area contributed by atoms with E-state index in [9.17, 15) is 4.79 Å². The van der Waals surface area contributed by atoms with Crippen molar-refractivity contribution in [2.24, 2.45) is 0 Å².